The van der Waals surface area contributed by atoms with E-state index in [2.05, 4.69) is 5.11 Å². The first-order valence-electron chi connectivity index (χ1n) is 4.44. The summed E-state index contributed by atoms with van der Waals surface area (Å²) < 4.78 is 11.7. The van der Waals surface area contributed by atoms with E-state index in [-0.39, 0.29) is 29.8 Å². The van der Waals surface area contributed by atoms with Crippen LogP contribution in [0.3, 0.4) is 0 Å². The zero-order valence-electron chi connectivity index (χ0n) is 7.45. The van der Waals surface area contributed by atoms with Gasteiger partial charge in [-0.1, -0.05) is 6.92 Å². The second-order valence-electron chi connectivity index (χ2n) is 3.37. The van der Waals surface area contributed by atoms with Crippen LogP contribution in [0.25, 0.3) is 0 Å². The van der Waals surface area contributed by atoms with Crippen molar-refractivity contribution in [1.29, 1.82) is 1.43 Å². The Labute approximate surface area is 66.8 Å². The molecule has 2 rings (SSSR count). The quantitative estimate of drug-likeness (QED) is 0.587. The van der Waals surface area contributed by atoms with Crippen LogP contribution < -0.4 is 0 Å². The van der Waals surface area contributed by atoms with Gasteiger partial charge in [-0.15, -0.1) is 0 Å². The number of hydrogen-bond donors (Lipinski definition) is 1. The Balaban J connectivity index is 1.93. The second kappa shape index (κ2) is 2.29. The lowest BCUT2D eigenvalue weighted by Gasteiger charge is -2.14. The molecule has 62 valence electrons. The highest BCUT2D eigenvalue weighted by molar-refractivity contribution is 5.91. The number of carbonyl (C=O) groups excluding carboxylic acids is 1. The average molecular weight is 158 g/mol. The van der Waals surface area contributed by atoms with Crippen molar-refractivity contribution < 1.29 is 14.6 Å². The van der Waals surface area contributed by atoms with Crippen LogP contribution in [-0.2, 0) is 9.53 Å². The molecule has 0 aromatic carbocycles. The third kappa shape index (κ3) is 0.914. The van der Waals surface area contributed by atoms with Crippen molar-refractivity contribution in [1.82, 2.24) is 0 Å². The summed E-state index contributed by atoms with van der Waals surface area (Å²) in [4.78, 5) is 11.3. The second-order valence-corrected chi connectivity index (χ2v) is 3.37. The van der Waals surface area contributed by atoms with Crippen molar-refractivity contribution in [2.75, 3.05) is 6.61 Å². The number of Topliss-reactive ketones (excluding diaryl/α,β-unsaturated/α-hetero) is 1. The summed E-state index contributed by atoms with van der Waals surface area (Å²) in [6.07, 6.45) is 0.788. The Bertz CT molecular complexity index is 206. The molecule has 0 aromatic rings. The van der Waals surface area contributed by atoms with Crippen LogP contribution in [0.2, 0.25) is 0 Å². The van der Waals surface area contributed by atoms with Gasteiger partial charge >= 0.3 is 0 Å². The van der Waals surface area contributed by atoms with E-state index in [1.54, 1.807) is 0 Å². The van der Waals surface area contributed by atoms with Gasteiger partial charge in [0.2, 0.25) is 1.43 Å². The van der Waals surface area contributed by atoms with E-state index in [1.807, 2.05) is 6.92 Å². The van der Waals surface area contributed by atoms with Crippen molar-refractivity contribution in [2.45, 2.75) is 25.6 Å². The van der Waals surface area contributed by atoms with E-state index >= 15 is 0 Å². The van der Waals surface area contributed by atoms with Crippen LogP contribution >= 0.6 is 0 Å². The highest BCUT2D eigenvalue weighted by Gasteiger charge is 2.59. The third-order valence-electron chi connectivity index (χ3n) is 2.77. The normalized spacial score (nSPS) is 48.8. The molecule has 0 bridgehead atoms. The number of hydrogen-bond acceptors (Lipinski definition) is 3. The molecule has 2 fully saturated rings. The summed E-state index contributed by atoms with van der Waals surface area (Å²) >= 11 is 0. The number of epoxide rings is 1. The molecule has 11 heavy (non-hydrogen) atoms. The van der Waals surface area contributed by atoms with Gasteiger partial charge in [0.1, 0.15) is 6.10 Å². The minimum Gasteiger partial charge on any atom is -0.396 e. The highest BCUT2D eigenvalue weighted by Crippen LogP contribution is 2.45. The Morgan fingerprint density at radius 1 is 1.82 bits per heavy atom. The fourth-order valence-corrected chi connectivity index (χ4v) is 1.98. The molecule has 1 saturated carbocycles. The van der Waals surface area contributed by atoms with Crippen molar-refractivity contribution in [3.05, 3.63) is 0 Å². The molecular weight excluding hydrogens is 144 g/mol. The SMILES string of the molecule is [3H]OCC[C@H]1[C@H]2O[C@H]2C(=O)[C@@H]1C. The smallest absolute Gasteiger partial charge is 0.210 e. The van der Waals surface area contributed by atoms with Gasteiger partial charge in [0.05, 0.1) is 6.10 Å². The first kappa shape index (κ1) is 6.14. The Morgan fingerprint density at radius 3 is 3.18 bits per heavy atom. The minimum atomic E-state index is -0.115. The summed E-state index contributed by atoms with van der Waals surface area (Å²) in [5.74, 6) is 0.617. The van der Waals surface area contributed by atoms with Crippen LogP contribution in [-0.4, -0.2) is 31.1 Å². The summed E-state index contributed by atoms with van der Waals surface area (Å²) in [5, 5.41) is 4.24. The van der Waals surface area contributed by atoms with Crippen LogP contribution in [0.4, 0.5) is 0 Å². The highest BCUT2D eigenvalue weighted by atomic mass is 16.6. The standard InChI is InChI=1S/C8H12O3/c1-4-5(2-3-9)7-8(11-7)6(4)10/h4-5,7-9H,2-3H2,1H3/t4-,5-,7-,8+/m1/s1/i9T. The number of ketones is 1. The minimum absolute atomic E-state index is 0.101. The fourth-order valence-electron chi connectivity index (χ4n) is 1.98. The summed E-state index contributed by atoms with van der Waals surface area (Å²) in [7, 11) is 0. The lowest BCUT2D eigenvalue weighted by Crippen LogP contribution is -2.19. The number of rotatable bonds is 3. The monoisotopic (exact) mass is 158 g/mol. The number of carbonyl (C=O) groups is 1. The maximum absolute atomic E-state index is 11.3. The van der Waals surface area contributed by atoms with Crippen LogP contribution in [0.1, 0.15) is 13.3 Å². The Morgan fingerprint density at radius 2 is 2.64 bits per heavy atom. The predicted octanol–water partition coefficient (Wildman–Crippen LogP) is -0.0288. The van der Waals surface area contributed by atoms with Gasteiger partial charge in [0.15, 0.2) is 5.78 Å². The number of ether oxygens (including phenoxy) is 1. The Hall–Kier alpha value is -0.410. The van der Waals surface area contributed by atoms with Crippen LogP contribution in [0, 0.1) is 11.8 Å². The molecule has 3 heteroatoms. The molecule has 0 radical (unpaired) electrons. The molecule has 4 atom stereocenters. The number of fused-ring (bicyclic) bond motifs is 1. The molecule has 3 nitrogen and oxygen atoms in total. The number of aliphatic hydroxyl groups is 1. The van der Waals surface area contributed by atoms with Gasteiger partial charge < -0.3 is 9.85 Å². The van der Waals surface area contributed by atoms with E-state index < -0.39 is 0 Å². The molecular formula is C8H12O3. The molecule has 1 N–H and O–H groups in total. The van der Waals surface area contributed by atoms with Gasteiger partial charge in [0.25, 0.3) is 0 Å². The first-order chi connectivity index (χ1) is 5.75. The predicted molar refractivity (Wildman–Crippen MR) is 38.0 cm³/mol. The maximum Gasteiger partial charge on any atom is 0.210 e. The zero-order valence-corrected chi connectivity index (χ0v) is 6.45. The molecule has 1 aliphatic carbocycles. The summed E-state index contributed by atoms with van der Waals surface area (Å²) in [6, 6.07) is 0. The largest absolute Gasteiger partial charge is 0.396 e. The molecule has 0 unspecified atom stereocenters. The van der Waals surface area contributed by atoms with Crippen LogP contribution in [0.15, 0.2) is 0 Å². The van der Waals surface area contributed by atoms with Gasteiger partial charge in [-0.25, -0.2) is 0 Å². The summed E-state index contributed by atoms with van der Waals surface area (Å²) in [5.41, 5.74) is 0. The third-order valence-corrected chi connectivity index (χ3v) is 2.77. The first-order valence-corrected chi connectivity index (χ1v) is 4.03. The molecule has 1 heterocycles. The summed E-state index contributed by atoms with van der Waals surface area (Å²) in [6.45, 7) is 2.33. The number of aliphatic hydroxyl groups excluding tert-OH is 1. The molecule has 0 spiro atoms. The fraction of sp³-hybridized carbons (Fsp3) is 0.875. The van der Waals surface area contributed by atoms with Crippen molar-refractivity contribution in [3.8, 4) is 0 Å². The molecule has 1 saturated heterocycles. The maximum atomic E-state index is 11.3. The lowest BCUT2D eigenvalue weighted by molar-refractivity contribution is -0.124. The average Bonchev–Trinajstić information content (AvgIpc) is 2.79. The van der Waals surface area contributed by atoms with Crippen molar-refractivity contribution >= 4 is 5.78 Å². The van der Waals surface area contributed by atoms with Gasteiger partial charge in [-0.05, 0) is 12.3 Å². The zero-order chi connectivity index (χ0) is 8.72. The van der Waals surface area contributed by atoms with E-state index in [0.717, 1.165) is 6.42 Å². The van der Waals surface area contributed by atoms with Crippen LogP contribution in [0.5, 0.6) is 0 Å². The van der Waals surface area contributed by atoms with Gasteiger partial charge in [0, 0.05) is 12.5 Å². The topological polar surface area (TPSA) is 49.8 Å². The molecule has 1 aliphatic heterocycles. The van der Waals surface area contributed by atoms with Gasteiger partial charge in [-0.3, -0.25) is 4.79 Å². The van der Waals surface area contributed by atoms with Gasteiger partial charge in [-0.2, -0.15) is 0 Å². The van der Waals surface area contributed by atoms with E-state index in [4.69, 9.17) is 6.17 Å². The molecule has 2 aliphatic rings. The van der Waals surface area contributed by atoms with E-state index in [1.165, 1.54) is 0 Å². The molecule has 0 amide bonds. The van der Waals surface area contributed by atoms with E-state index in [0.29, 0.717) is 6.61 Å². The lowest BCUT2D eigenvalue weighted by atomic mass is 9.93. The molecule has 0 aromatic heterocycles. The van der Waals surface area contributed by atoms with Crippen molar-refractivity contribution in [2.24, 2.45) is 11.8 Å². The van der Waals surface area contributed by atoms with Crippen molar-refractivity contribution in [3.63, 3.8) is 0 Å². The Kier molecular flexibility index (Phi) is 1.28. The van der Waals surface area contributed by atoms with E-state index in [9.17, 15) is 4.79 Å².